The monoisotopic (exact) mass is 248 g/mol. The van der Waals surface area contributed by atoms with Crippen LogP contribution in [-0.2, 0) is 0 Å². The third kappa shape index (κ3) is 3.76. The molecule has 0 bridgehead atoms. The maximum Gasteiger partial charge on any atom is 0.251 e. The third-order valence-electron chi connectivity index (χ3n) is 3.21. The Morgan fingerprint density at radius 1 is 1.28 bits per heavy atom. The highest BCUT2D eigenvalue weighted by atomic mass is 16.1. The Hall–Kier alpha value is -1.51. The second-order valence-electron chi connectivity index (χ2n) is 5.07. The topological polar surface area (TPSA) is 41.1 Å². The number of carbonyl (C=O) groups is 1. The summed E-state index contributed by atoms with van der Waals surface area (Å²) in [5.41, 5.74) is 2.92. The van der Waals surface area contributed by atoms with E-state index in [9.17, 15) is 4.79 Å². The van der Waals surface area contributed by atoms with Crippen LogP contribution in [0.1, 0.15) is 43.6 Å². The van der Waals surface area contributed by atoms with Gasteiger partial charge in [-0.1, -0.05) is 13.8 Å². The van der Waals surface area contributed by atoms with Crippen LogP contribution in [0, 0.1) is 12.8 Å². The first-order valence-corrected chi connectivity index (χ1v) is 6.61. The van der Waals surface area contributed by atoms with Crippen molar-refractivity contribution in [3.8, 4) is 0 Å². The second-order valence-corrected chi connectivity index (χ2v) is 5.07. The normalized spacial score (nSPS) is 12.3. The predicted molar refractivity (Wildman–Crippen MR) is 77.1 cm³/mol. The van der Waals surface area contributed by atoms with Gasteiger partial charge < -0.3 is 10.6 Å². The molecule has 0 spiro atoms. The molecule has 0 aliphatic carbocycles. The SMILES string of the molecule is CCNC(=O)c1ccc(NC(C)C(C)C)c(C)c1. The van der Waals surface area contributed by atoms with E-state index in [1.807, 2.05) is 32.0 Å². The van der Waals surface area contributed by atoms with Crippen molar-refractivity contribution >= 4 is 11.6 Å². The molecule has 0 saturated carbocycles. The van der Waals surface area contributed by atoms with Crippen LogP contribution in [0.15, 0.2) is 18.2 Å². The minimum Gasteiger partial charge on any atom is -0.382 e. The summed E-state index contributed by atoms with van der Waals surface area (Å²) < 4.78 is 0. The molecule has 0 aromatic heterocycles. The molecule has 0 heterocycles. The lowest BCUT2D eigenvalue weighted by molar-refractivity contribution is 0.0956. The molecule has 1 aromatic carbocycles. The van der Waals surface area contributed by atoms with Gasteiger partial charge in [0, 0.05) is 23.8 Å². The van der Waals surface area contributed by atoms with Crippen molar-refractivity contribution < 1.29 is 4.79 Å². The van der Waals surface area contributed by atoms with Crippen LogP contribution >= 0.6 is 0 Å². The number of aryl methyl sites for hydroxylation is 1. The standard InChI is InChI=1S/C15H24N2O/c1-6-16-15(18)13-7-8-14(11(4)9-13)17-12(5)10(2)3/h7-10,12,17H,6H2,1-5H3,(H,16,18). The van der Waals surface area contributed by atoms with E-state index in [-0.39, 0.29) is 5.91 Å². The quantitative estimate of drug-likeness (QED) is 0.840. The Balaban J connectivity index is 2.83. The summed E-state index contributed by atoms with van der Waals surface area (Å²) in [7, 11) is 0. The van der Waals surface area contributed by atoms with Crippen LogP contribution in [-0.4, -0.2) is 18.5 Å². The summed E-state index contributed by atoms with van der Waals surface area (Å²) in [5, 5.41) is 6.28. The molecule has 0 saturated heterocycles. The van der Waals surface area contributed by atoms with Gasteiger partial charge in [0.05, 0.1) is 0 Å². The van der Waals surface area contributed by atoms with Gasteiger partial charge in [-0.25, -0.2) is 0 Å². The Labute approximate surface area is 110 Å². The Bertz CT molecular complexity index is 413. The van der Waals surface area contributed by atoms with Gasteiger partial charge in [0.1, 0.15) is 0 Å². The van der Waals surface area contributed by atoms with Crippen molar-refractivity contribution in [3.63, 3.8) is 0 Å². The van der Waals surface area contributed by atoms with Gasteiger partial charge in [-0.2, -0.15) is 0 Å². The van der Waals surface area contributed by atoms with E-state index in [4.69, 9.17) is 0 Å². The smallest absolute Gasteiger partial charge is 0.251 e. The number of benzene rings is 1. The van der Waals surface area contributed by atoms with Crippen LogP contribution in [0.3, 0.4) is 0 Å². The van der Waals surface area contributed by atoms with Crippen molar-refractivity contribution in [2.24, 2.45) is 5.92 Å². The molecule has 18 heavy (non-hydrogen) atoms. The minimum absolute atomic E-state index is 0.0101. The highest BCUT2D eigenvalue weighted by Gasteiger charge is 2.10. The molecule has 0 fully saturated rings. The van der Waals surface area contributed by atoms with E-state index < -0.39 is 0 Å². The molecule has 100 valence electrons. The molecular formula is C15H24N2O. The first-order valence-electron chi connectivity index (χ1n) is 6.61. The van der Waals surface area contributed by atoms with E-state index >= 15 is 0 Å². The molecular weight excluding hydrogens is 224 g/mol. The van der Waals surface area contributed by atoms with Crippen LogP contribution in [0.4, 0.5) is 5.69 Å². The lowest BCUT2D eigenvalue weighted by Gasteiger charge is -2.20. The molecule has 0 radical (unpaired) electrons. The molecule has 2 N–H and O–H groups in total. The molecule has 1 atom stereocenters. The van der Waals surface area contributed by atoms with Gasteiger partial charge in [-0.05, 0) is 50.5 Å². The van der Waals surface area contributed by atoms with Crippen molar-refractivity contribution in [1.82, 2.24) is 5.32 Å². The molecule has 1 aromatic rings. The van der Waals surface area contributed by atoms with Crippen LogP contribution in [0.2, 0.25) is 0 Å². The second kappa shape index (κ2) is 6.43. The first-order chi connectivity index (χ1) is 8.45. The summed E-state index contributed by atoms with van der Waals surface area (Å²) in [4.78, 5) is 11.7. The van der Waals surface area contributed by atoms with Crippen molar-refractivity contribution in [2.45, 2.75) is 40.7 Å². The van der Waals surface area contributed by atoms with Crippen molar-refractivity contribution in [3.05, 3.63) is 29.3 Å². The zero-order valence-electron chi connectivity index (χ0n) is 12.0. The summed E-state index contributed by atoms with van der Waals surface area (Å²) in [5.74, 6) is 0.566. The van der Waals surface area contributed by atoms with E-state index in [0.29, 0.717) is 18.5 Å². The van der Waals surface area contributed by atoms with Crippen molar-refractivity contribution in [1.29, 1.82) is 0 Å². The summed E-state index contributed by atoms with van der Waals surface area (Å²) in [6.07, 6.45) is 0. The lowest BCUT2D eigenvalue weighted by atomic mass is 10.0. The summed E-state index contributed by atoms with van der Waals surface area (Å²) in [6.45, 7) is 11.2. The molecule has 3 heteroatoms. The number of rotatable bonds is 5. The van der Waals surface area contributed by atoms with Crippen molar-refractivity contribution in [2.75, 3.05) is 11.9 Å². The van der Waals surface area contributed by atoms with Gasteiger partial charge >= 0.3 is 0 Å². The molecule has 3 nitrogen and oxygen atoms in total. The number of amides is 1. The average molecular weight is 248 g/mol. The molecule has 0 aliphatic rings. The highest BCUT2D eigenvalue weighted by Crippen LogP contribution is 2.19. The zero-order valence-corrected chi connectivity index (χ0v) is 12.0. The molecule has 1 rings (SSSR count). The largest absolute Gasteiger partial charge is 0.382 e. The van der Waals surface area contributed by atoms with Gasteiger partial charge in [0.25, 0.3) is 5.91 Å². The fourth-order valence-electron chi connectivity index (χ4n) is 1.64. The molecule has 1 unspecified atom stereocenters. The third-order valence-corrected chi connectivity index (χ3v) is 3.21. The van der Waals surface area contributed by atoms with Crippen LogP contribution in [0.5, 0.6) is 0 Å². The maximum absolute atomic E-state index is 11.7. The van der Waals surface area contributed by atoms with Crippen LogP contribution in [0.25, 0.3) is 0 Å². The zero-order chi connectivity index (χ0) is 13.7. The molecule has 0 aliphatic heterocycles. The number of carbonyl (C=O) groups excluding carboxylic acids is 1. The number of hydrogen-bond acceptors (Lipinski definition) is 2. The summed E-state index contributed by atoms with van der Waals surface area (Å²) in [6, 6.07) is 6.20. The van der Waals surface area contributed by atoms with E-state index in [2.05, 4.69) is 31.4 Å². The minimum atomic E-state index is -0.0101. The van der Waals surface area contributed by atoms with Gasteiger partial charge in [-0.3, -0.25) is 4.79 Å². The highest BCUT2D eigenvalue weighted by molar-refractivity contribution is 5.94. The average Bonchev–Trinajstić information content (AvgIpc) is 2.31. The number of hydrogen-bond donors (Lipinski definition) is 2. The van der Waals surface area contributed by atoms with E-state index in [0.717, 1.165) is 16.8 Å². The first kappa shape index (κ1) is 14.6. The Morgan fingerprint density at radius 2 is 1.94 bits per heavy atom. The summed E-state index contributed by atoms with van der Waals surface area (Å²) >= 11 is 0. The fourth-order valence-corrected chi connectivity index (χ4v) is 1.64. The maximum atomic E-state index is 11.7. The number of nitrogens with one attached hydrogen (secondary N) is 2. The van der Waals surface area contributed by atoms with Crippen LogP contribution < -0.4 is 10.6 Å². The molecule has 1 amide bonds. The van der Waals surface area contributed by atoms with Gasteiger partial charge in [-0.15, -0.1) is 0 Å². The van der Waals surface area contributed by atoms with Gasteiger partial charge in [0.2, 0.25) is 0 Å². The Kier molecular flexibility index (Phi) is 5.20. The number of anilines is 1. The Morgan fingerprint density at radius 3 is 2.44 bits per heavy atom. The van der Waals surface area contributed by atoms with E-state index in [1.165, 1.54) is 0 Å². The lowest BCUT2D eigenvalue weighted by Crippen LogP contribution is -2.24. The van der Waals surface area contributed by atoms with E-state index in [1.54, 1.807) is 0 Å². The van der Waals surface area contributed by atoms with Gasteiger partial charge in [0.15, 0.2) is 0 Å². The fraction of sp³-hybridized carbons (Fsp3) is 0.533. The predicted octanol–water partition coefficient (Wildman–Crippen LogP) is 3.20.